The molecule has 0 aliphatic heterocycles. The van der Waals surface area contributed by atoms with E-state index < -0.39 is 0 Å². The van der Waals surface area contributed by atoms with Crippen LogP contribution in [0.3, 0.4) is 0 Å². The lowest BCUT2D eigenvalue weighted by Crippen LogP contribution is -2.09. The number of benzene rings is 3. The molecule has 0 spiro atoms. The van der Waals surface area contributed by atoms with Gasteiger partial charge in [0.05, 0.1) is 6.42 Å². The predicted octanol–water partition coefficient (Wildman–Crippen LogP) is 4.57. The minimum absolute atomic E-state index is 0.105. The summed E-state index contributed by atoms with van der Waals surface area (Å²) in [6.45, 7) is 0. The summed E-state index contributed by atoms with van der Waals surface area (Å²) in [6.07, 6.45) is 0.367. The zero-order valence-electron chi connectivity index (χ0n) is 14.3. The van der Waals surface area contributed by atoms with Crippen molar-refractivity contribution in [3.05, 3.63) is 78.4 Å². The smallest absolute Gasteiger partial charge is 0.311 e. The maximum Gasteiger partial charge on any atom is 0.311 e. The summed E-state index contributed by atoms with van der Waals surface area (Å²) in [7, 11) is 0. The number of hydrogen-bond acceptors (Lipinski definition) is 5. The van der Waals surface area contributed by atoms with Crippen molar-refractivity contribution in [3.63, 3.8) is 0 Å². The van der Waals surface area contributed by atoms with E-state index in [2.05, 4.69) is 10.1 Å². The highest BCUT2D eigenvalue weighted by Gasteiger charge is 2.13. The number of hydrogen-bond donors (Lipinski definition) is 0. The SMILES string of the molecule is O=C(CCc1nc(-c2ccc(F)cc2)no1)Oc1cccc2ccccc12. The highest BCUT2D eigenvalue weighted by atomic mass is 19.1. The monoisotopic (exact) mass is 362 g/mol. The fraction of sp³-hybridized carbons (Fsp3) is 0.0952. The molecule has 1 aromatic heterocycles. The molecular formula is C21H15FN2O3. The molecule has 0 unspecified atom stereocenters. The Balaban J connectivity index is 1.40. The van der Waals surface area contributed by atoms with Crippen LogP contribution < -0.4 is 4.74 Å². The summed E-state index contributed by atoms with van der Waals surface area (Å²) in [5.41, 5.74) is 0.643. The highest BCUT2D eigenvalue weighted by Crippen LogP contribution is 2.25. The quantitative estimate of drug-likeness (QED) is 0.384. The number of fused-ring (bicyclic) bond motifs is 1. The maximum atomic E-state index is 13.0. The fourth-order valence-corrected chi connectivity index (χ4v) is 2.74. The molecule has 27 heavy (non-hydrogen) atoms. The molecule has 1 heterocycles. The van der Waals surface area contributed by atoms with E-state index in [1.165, 1.54) is 12.1 Å². The van der Waals surface area contributed by atoms with Crippen molar-refractivity contribution in [2.45, 2.75) is 12.8 Å². The van der Waals surface area contributed by atoms with Crippen molar-refractivity contribution in [2.75, 3.05) is 0 Å². The largest absolute Gasteiger partial charge is 0.426 e. The van der Waals surface area contributed by atoms with Gasteiger partial charge in [-0.15, -0.1) is 0 Å². The Morgan fingerprint density at radius 1 is 1.00 bits per heavy atom. The van der Waals surface area contributed by atoms with Crippen molar-refractivity contribution in [2.24, 2.45) is 0 Å². The third-order valence-electron chi connectivity index (χ3n) is 4.09. The average Bonchev–Trinajstić information content (AvgIpc) is 3.16. The van der Waals surface area contributed by atoms with E-state index in [1.807, 2.05) is 36.4 Å². The molecule has 134 valence electrons. The number of aromatic nitrogens is 2. The van der Waals surface area contributed by atoms with Gasteiger partial charge in [0.25, 0.3) is 0 Å². The molecule has 0 fully saturated rings. The average molecular weight is 362 g/mol. The second kappa shape index (κ2) is 7.37. The Labute approximate surface area is 154 Å². The van der Waals surface area contributed by atoms with Gasteiger partial charge in [-0.1, -0.05) is 41.6 Å². The third kappa shape index (κ3) is 3.84. The van der Waals surface area contributed by atoms with Crippen molar-refractivity contribution in [1.82, 2.24) is 10.1 Å². The molecule has 6 heteroatoms. The second-order valence-electron chi connectivity index (χ2n) is 5.97. The van der Waals surface area contributed by atoms with Crippen LogP contribution >= 0.6 is 0 Å². The lowest BCUT2D eigenvalue weighted by atomic mass is 10.1. The first-order valence-electron chi connectivity index (χ1n) is 8.46. The van der Waals surface area contributed by atoms with Gasteiger partial charge in [0.15, 0.2) is 0 Å². The van der Waals surface area contributed by atoms with Crippen molar-refractivity contribution < 1.29 is 18.4 Å². The van der Waals surface area contributed by atoms with Gasteiger partial charge in [-0.2, -0.15) is 4.98 Å². The topological polar surface area (TPSA) is 65.2 Å². The van der Waals surface area contributed by atoms with Crippen LogP contribution in [0.4, 0.5) is 4.39 Å². The molecular weight excluding hydrogens is 347 g/mol. The van der Waals surface area contributed by atoms with Gasteiger partial charge in [0.1, 0.15) is 11.6 Å². The van der Waals surface area contributed by atoms with Crippen LogP contribution in [0.5, 0.6) is 5.75 Å². The van der Waals surface area contributed by atoms with Gasteiger partial charge in [-0.3, -0.25) is 4.79 Å². The fourth-order valence-electron chi connectivity index (χ4n) is 2.74. The maximum absolute atomic E-state index is 13.0. The van der Waals surface area contributed by atoms with Crippen LogP contribution in [0.2, 0.25) is 0 Å². The standard InChI is InChI=1S/C21H15FN2O3/c22-16-10-8-15(9-11-16)21-23-19(27-24-21)12-13-20(25)26-18-7-3-5-14-4-1-2-6-17(14)18/h1-11H,12-13H2. The summed E-state index contributed by atoms with van der Waals surface area (Å²) in [4.78, 5) is 16.4. The van der Waals surface area contributed by atoms with E-state index in [0.29, 0.717) is 23.0 Å². The summed E-state index contributed by atoms with van der Waals surface area (Å²) in [6, 6.07) is 19.1. The molecule has 4 rings (SSSR count). The van der Waals surface area contributed by atoms with Crippen molar-refractivity contribution in [1.29, 1.82) is 0 Å². The first kappa shape index (κ1) is 16.9. The molecule has 0 N–H and O–H groups in total. The number of aryl methyl sites for hydroxylation is 1. The summed E-state index contributed by atoms with van der Waals surface area (Å²) < 4.78 is 23.6. The highest BCUT2D eigenvalue weighted by molar-refractivity contribution is 5.90. The zero-order chi connectivity index (χ0) is 18.6. The van der Waals surface area contributed by atoms with Crippen LogP contribution in [0.25, 0.3) is 22.2 Å². The molecule has 0 atom stereocenters. The van der Waals surface area contributed by atoms with Crippen LogP contribution in [-0.2, 0) is 11.2 Å². The van der Waals surface area contributed by atoms with E-state index in [9.17, 15) is 9.18 Å². The number of nitrogens with zero attached hydrogens (tertiary/aromatic N) is 2. The molecule has 3 aromatic carbocycles. The molecule has 0 aliphatic carbocycles. The second-order valence-corrected chi connectivity index (χ2v) is 5.97. The van der Waals surface area contributed by atoms with Crippen LogP contribution in [0.15, 0.2) is 71.3 Å². The van der Waals surface area contributed by atoms with Crippen LogP contribution in [0.1, 0.15) is 12.3 Å². The van der Waals surface area contributed by atoms with Crippen molar-refractivity contribution >= 4 is 16.7 Å². The Morgan fingerprint density at radius 3 is 2.63 bits per heavy atom. The first-order valence-corrected chi connectivity index (χ1v) is 8.46. The summed E-state index contributed by atoms with van der Waals surface area (Å²) in [5.74, 6) is 0.485. The van der Waals surface area contributed by atoms with Crippen LogP contribution in [-0.4, -0.2) is 16.1 Å². The molecule has 4 aromatic rings. The lowest BCUT2D eigenvalue weighted by Gasteiger charge is -2.07. The van der Waals surface area contributed by atoms with Gasteiger partial charge in [0, 0.05) is 17.4 Å². The summed E-state index contributed by atoms with van der Waals surface area (Å²) in [5, 5.41) is 5.74. The number of ether oxygens (including phenoxy) is 1. The number of rotatable bonds is 5. The number of carbonyl (C=O) groups is 1. The Kier molecular flexibility index (Phi) is 4.61. The molecule has 5 nitrogen and oxygen atoms in total. The number of carbonyl (C=O) groups excluding carboxylic acids is 1. The lowest BCUT2D eigenvalue weighted by molar-refractivity contribution is -0.134. The van der Waals surface area contributed by atoms with Crippen LogP contribution in [0, 0.1) is 5.82 Å². The first-order chi connectivity index (χ1) is 13.2. The van der Waals surface area contributed by atoms with Crippen molar-refractivity contribution in [3.8, 4) is 17.1 Å². The van der Waals surface area contributed by atoms with Gasteiger partial charge in [-0.25, -0.2) is 4.39 Å². The molecule has 0 saturated carbocycles. The Morgan fingerprint density at radius 2 is 1.78 bits per heavy atom. The van der Waals surface area contributed by atoms with E-state index >= 15 is 0 Å². The van der Waals surface area contributed by atoms with Gasteiger partial charge >= 0.3 is 5.97 Å². The van der Waals surface area contributed by atoms with E-state index in [0.717, 1.165) is 10.8 Å². The van der Waals surface area contributed by atoms with E-state index in [1.54, 1.807) is 18.2 Å². The molecule has 0 saturated heterocycles. The Bertz CT molecular complexity index is 1080. The molecule has 0 bridgehead atoms. The Hall–Kier alpha value is -3.54. The predicted molar refractivity (Wildman–Crippen MR) is 97.6 cm³/mol. The summed E-state index contributed by atoms with van der Waals surface area (Å²) >= 11 is 0. The molecule has 0 amide bonds. The normalized spacial score (nSPS) is 10.9. The van der Waals surface area contributed by atoms with Gasteiger partial charge in [-0.05, 0) is 35.7 Å². The zero-order valence-corrected chi connectivity index (χ0v) is 14.3. The number of halogens is 1. The van der Waals surface area contributed by atoms with Gasteiger partial charge in [0.2, 0.25) is 11.7 Å². The molecule has 0 aliphatic rings. The van der Waals surface area contributed by atoms with E-state index in [4.69, 9.17) is 9.26 Å². The van der Waals surface area contributed by atoms with E-state index in [-0.39, 0.29) is 24.6 Å². The minimum atomic E-state index is -0.382. The minimum Gasteiger partial charge on any atom is -0.426 e. The van der Waals surface area contributed by atoms with Gasteiger partial charge < -0.3 is 9.26 Å². The number of esters is 1. The third-order valence-corrected chi connectivity index (χ3v) is 4.09. The molecule has 0 radical (unpaired) electrons.